The first-order valence-corrected chi connectivity index (χ1v) is 6.45. The number of carboxylic acid groups (broad SMARTS) is 1. The third-order valence-corrected chi connectivity index (χ3v) is 3.40. The number of Topliss-reactive ketones (excluding diaryl/α,β-unsaturated/α-hetero) is 2. The minimum absolute atomic E-state index is 0.0774. The third-order valence-electron chi connectivity index (χ3n) is 3.40. The van der Waals surface area contributed by atoms with Crippen molar-refractivity contribution < 1.29 is 19.5 Å². The van der Waals surface area contributed by atoms with Gasteiger partial charge in [0.05, 0.1) is 12.8 Å². The van der Waals surface area contributed by atoms with Gasteiger partial charge in [-0.1, -0.05) is 12.1 Å². The first kappa shape index (κ1) is 13.5. The largest absolute Gasteiger partial charge is 0.481 e. The van der Waals surface area contributed by atoms with Crippen molar-refractivity contribution in [3.63, 3.8) is 0 Å². The lowest BCUT2D eigenvalue weighted by atomic mass is 10.00. The van der Waals surface area contributed by atoms with E-state index in [-0.39, 0.29) is 30.8 Å². The normalized spacial score (nSPS) is 13.1. The number of fused-ring (bicyclic) bond motifs is 1. The van der Waals surface area contributed by atoms with Crippen LogP contribution in [0.15, 0.2) is 18.2 Å². The molecule has 1 aromatic carbocycles. The molecular formula is C15H16O4. The van der Waals surface area contributed by atoms with E-state index in [9.17, 15) is 14.4 Å². The van der Waals surface area contributed by atoms with Crippen LogP contribution in [0.3, 0.4) is 0 Å². The van der Waals surface area contributed by atoms with E-state index < -0.39 is 5.97 Å². The Hall–Kier alpha value is -1.97. The number of aliphatic carboxylic acids is 1. The Morgan fingerprint density at radius 2 is 1.79 bits per heavy atom. The Morgan fingerprint density at radius 1 is 1.05 bits per heavy atom. The summed E-state index contributed by atoms with van der Waals surface area (Å²) >= 11 is 0. The molecule has 0 saturated heterocycles. The van der Waals surface area contributed by atoms with Crippen LogP contribution < -0.4 is 0 Å². The highest BCUT2D eigenvalue weighted by atomic mass is 16.4. The standard InChI is InChI=1S/C15H16O4/c16-13(6-7-15(18)19)9-14(17)12-5-4-10-2-1-3-11(10)8-12/h4-5,8H,1-3,6-7,9H2,(H,18,19). The molecule has 1 aromatic rings. The quantitative estimate of drug-likeness (QED) is 0.628. The van der Waals surface area contributed by atoms with Gasteiger partial charge in [-0.15, -0.1) is 0 Å². The summed E-state index contributed by atoms with van der Waals surface area (Å²) in [5.41, 5.74) is 3.04. The van der Waals surface area contributed by atoms with E-state index in [2.05, 4.69) is 0 Å². The van der Waals surface area contributed by atoms with Gasteiger partial charge in [0.25, 0.3) is 0 Å². The van der Waals surface area contributed by atoms with Crippen molar-refractivity contribution in [2.24, 2.45) is 0 Å². The Labute approximate surface area is 111 Å². The number of rotatable bonds is 6. The lowest BCUT2D eigenvalue weighted by Gasteiger charge is -2.04. The summed E-state index contributed by atoms with van der Waals surface area (Å²) in [6, 6.07) is 5.59. The van der Waals surface area contributed by atoms with Crippen molar-refractivity contribution in [1.29, 1.82) is 0 Å². The second-order valence-corrected chi connectivity index (χ2v) is 4.87. The van der Waals surface area contributed by atoms with Crippen molar-refractivity contribution in [3.8, 4) is 0 Å². The average Bonchev–Trinajstić information content (AvgIpc) is 2.83. The van der Waals surface area contributed by atoms with Gasteiger partial charge in [-0.2, -0.15) is 0 Å². The number of hydrogen-bond acceptors (Lipinski definition) is 3. The van der Waals surface area contributed by atoms with Crippen molar-refractivity contribution in [1.82, 2.24) is 0 Å². The van der Waals surface area contributed by atoms with Gasteiger partial charge in [-0.3, -0.25) is 14.4 Å². The molecule has 0 heterocycles. The van der Waals surface area contributed by atoms with Gasteiger partial charge in [0.15, 0.2) is 5.78 Å². The van der Waals surface area contributed by atoms with Crippen molar-refractivity contribution in [3.05, 3.63) is 34.9 Å². The molecule has 0 fully saturated rings. The number of carbonyl (C=O) groups excluding carboxylic acids is 2. The Balaban J connectivity index is 1.96. The molecule has 0 amide bonds. The van der Waals surface area contributed by atoms with Crippen molar-refractivity contribution in [2.45, 2.75) is 38.5 Å². The topological polar surface area (TPSA) is 71.4 Å². The van der Waals surface area contributed by atoms with Gasteiger partial charge < -0.3 is 5.11 Å². The monoisotopic (exact) mass is 260 g/mol. The van der Waals surface area contributed by atoms with Crippen LogP contribution in [0, 0.1) is 0 Å². The molecule has 1 aliphatic rings. The number of carbonyl (C=O) groups is 3. The molecule has 0 atom stereocenters. The van der Waals surface area contributed by atoms with E-state index in [4.69, 9.17) is 5.11 Å². The SMILES string of the molecule is O=C(O)CCC(=O)CC(=O)c1ccc2c(c1)CCC2. The van der Waals surface area contributed by atoms with Crippen LogP contribution in [0.25, 0.3) is 0 Å². The number of aryl methyl sites for hydroxylation is 2. The zero-order valence-corrected chi connectivity index (χ0v) is 10.6. The summed E-state index contributed by atoms with van der Waals surface area (Å²) in [6.45, 7) is 0. The molecule has 100 valence electrons. The number of ketones is 2. The van der Waals surface area contributed by atoms with Crippen LogP contribution in [0.5, 0.6) is 0 Å². The zero-order chi connectivity index (χ0) is 13.8. The highest BCUT2D eigenvalue weighted by Gasteiger charge is 2.16. The van der Waals surface area contributed by atoms with Crippen LogP contribution in [0.1, 0.15) is 47.2 Å². The van der Waals surface area contributed by atoms with Gasteiger partial charge in [0.1, 0.15) is 5.78 Å². The van der Waals surface area contributed by atoms with E-state index in [1.165, 1.54) is 11.1 Å². The Kier molecular flexibility index (Phi) is 4.10. The molecule has 0 bridgehead atoms. The second-order valence-electron chi connectivity index (χ2n) is 4.87. The molecule has 1 N–H and O–H groups in total. The molecule has 0 unspecified atom stereocenters. The molecule has 1 aliphatic carbocycles. The highest BCUT2D eigenvalue weighted by molar-refractivity contribution is 6.08. The number of benzene rings is 1. The van der Waals surface area contributed by atoms with Crippen LogP contribution >= 0.6 is 0 Å². The lowest BCUT2D eigenvalue weighted by molar-refractivity contribution is -0.138. The van der Waals surface area contributed by atoms with Gasteiger partial charge in [-0.25, -0.2) is 0 Å². The third kappa shape index (κ3) is 3.50. The van der Waals surface area contributed by atoms with Crippen molar-refractivity contribution in [2.75, 3.05) is 0 Å². The zero-order valence-electron chi connectivity index (χ0n) is 10.6. The summed E-state index contributed by atoms with van der Waals surface area (Å²) in [5, 5.41) is 8.48. The molecule has 0 spiro atoms. The first-order valence-electron chi connectivity index (χ1n) is 6.45. The smallest absolute Gasteiger partial charge is 0.303 e. The molecular weight excluding hydrogens is 244 g/mol. The molecule has 2 rings (SSSR count). The van der Waals surface area contributed by atoms with Gasteiger partial charge >= 0.3 is 5.97 Å². The average molecular weight is 260 g/mol. The van der Waals surface area contributed by atoms with Crippen molar-refractivity contribution >= 4 is 17.5 Å². The fraction of sp³-hybridized carbons (Fsp3) is 0.400. The molecule has 0 saturated carbocycles. The van der Waals surface area contributed by atoms with Gasteiger partial charge in [-0.05, 0) is 36.5 Å². The second kappa shape index (κ2) is 5.78. The van der Waals surface area contributed by atoms with E-state index in [1.54, 1.807) is 6.07 Å². The maximum atomic E-state index is 11.9. The van der Waals surface area contributed by atoms with Gasteiger partial charge in [0.2, 0.25) is 0 Å². The summed E-state index contributed by atoms with van der Waals surface area (Å²) in [5.74, 6) is -1.55. The maximum absolute atomic E-state index is 11.9. The van der Waals surface area contributed by atoms with E-state index >= 15 is 0 Å². The number of carboxylic acids is 1. The highest BCUT2D eigenvalue weighted by Crippen LogP contribution is 2.23. The molecule has 4 nitrogen and oxygen atoms in total. The summed E-state index contributed by atoms with van der Waals surface area (Å²) < 4.78 is 0. The molecule has 19 heavy (non-hydrogen) atoms. The fourth-order valence-electron chi connectivity index (χ4n) is 2.36. The summed E-state index contributed by atoms with van der Waals surface area (Å²) in [4.78, 5) is 33.8. The predicted octanol–water partition coefficient (Wildman–Crippen LogP) is 2.18. The van der Waals surface area contributed by atoms with Crippen LogP contribution in [0.2, 0.25) is 0 Å². The Morgan fingerprint density at radius 3 is 2.53 bits per heavy atom. The first-order chi connectivity index (χ1) is 9.06. The predicted molar refractivity (Wildman–Crippen MR) is 69.3 cm³/mol. The summed E-state index contributed by atoms with van der Waals surface area (Å²) in [6.07, 6.45) is 2.67. The molecule has 4 heteroatoms. The van der Waals surface area contributed by atoms with Crippen LogP contribution in [0.4, 0.5) is 0 Å². The molecule has 0 radical (unpaired) electrons. The number of hydrogen-bond donors (Lipinski definition) is 1. The lowest BCUT2D eigenvalue weighted by Crippen LogP contribution is -2.10. The summed E-state index contributed by atoms with van der Waals surface area (Å²) in [7, 11) is 0. The minimum Gasteiger partial charge on any atom is -0.481 e. The van der Waals surface area contributed by atoms with Crippen LogP contribution in [-0.2, 0) is 22.4 Å². The van der Waals surface area contributed by atoms with Gasteiger partial charge in [0, 0.05) is 12.0 Å². The fourth-order valence-corrected chi connectivity index (χ4v) is 2.36. The Bertz CT molecular complexity index is 531. The van der Waals surface area contributed by atoms with E-state index in [1.807, 2.05) is 12.1 Å². The van der Waals surface area contributed by atoms with E-state index in [0.717, 1.165) is 19.3 Å². The molecule has 0 aliphatic heterocycles. The minimum atomic E-state index is -1.02. The van der Waals surface area contributed by atoms with Crippen LogP contribution in [-0.4, -0.2) is 22.6 Å². The maximum Gasteiger partial charge on any atom is 0.303 e. The van der Waals surface area contributed by atoms with E-state index in [0.29, 0.717) is 5.56 Å². The molecule has 0 aromatic heterocycles.